The maximum atomic E-state index is 5.16. The molecule has 2 rings (SSSR count). The minimum Gasteiger partial charge on any atom is -0.300 e. The quantitative estimate of drug-likeness (QED) is 0.814. The largest absolute Gasteiger partial charge is 0.300 e. The average molecular weight is 225 g/mol. The Morgan fingerprint density at radius 1 is 1.64 bits per heavy atom. The van der Waals surface area contributed by atoms with Crippen LogP contribution in [0.2, 0.25) is 0 Å². The number of rotatable bonds is 3. The first kappa shape index (κ1) is 9.61. The van der Waals surface area contributed by atoms with Crippen molar-refractivity contribution in [3.63, 3.8) is 0 Å². The topological polar surface area (TPSA) is 33.6 Å². The van der Waals surface area contributed by atoms with E-state index in [0.29, 0.717) is 4.77 Å². The third-order valence-electron chi connectivity index (χ3n) is 1.95. The highest BCUT2D eigenvalue weighted by Gasteiger charge is 2.07. The fraction of sp³-hybridized carbons (Fsp3) is 0.333. The van der Waals surface area contributed by atoms with Crippen molar-refractivity contribution >= 4 is 23.6 Å². The summed E-state index contributed by atoms with van der Waals surface area (Å²) in [6, 6.07) is 4.08. The first-order chi connectivity index (χ1) is 6.83. The Morgan fingerprint density at radius 2 is 2.50 bits per heavy atom. The van der Waals surface area contributed by atoms with Gasteiger partial charge in [0.1, 0.15) is 0 Å². The number of H-pyrrole nitrogens is 1. The van der Waals surface area contributed by atoms with Gasteiger partial charge in [-0.2, -0.15) is 5.10 Å². The molecule has 0 unspecified atom stereocenters. The molecule has 0 saturated heterocycles. The Kier molecular flexibility index (Phi) is 2.79. The van der Waals surface area contributed by atoms with E-state index in [0.717, 1.165) is 23.7 Å². The van der Waals surface area contributed by atoms with Crippen molar-refractivity contribution in [2.75, 3.05) is 0 Å². The lowest BCUT2D eigenvalue weighted by atomic mass is 10.4. The number of aromatic nitrogens is 3. The van der Waals surface area contributed by atoms with Gasteiger partial charge < -0.3 is 0 Å². The van der Waals surface area contributed by atoms with Gasteiger partial charge in [-0.1, -0.05) is 13.0 Å². The van der Waals surface area contributed by atoms with Gasteiger partial charge in [0.2, 0.25) is 0 Å². The van der Waals surface area contributed by atoms with E-state index in [1.54, 1.807) is 11.3 Å². The summed E-state index contributed by atoms with van der Waals surface area (Å²) in [4.78, 5) is 1.16. The Labute approximate surface area is 91.4 Å². The van der Waals surface area contributed by atoms with Gasteiger partial charge in [0.25, 0.3) is 0 Å². The Bertz CT molecular complexity index is 453. The fourth-order valence-electron chi connectivity index (χ4n) is 1.34. The van der Waals surface area contributed by atoms with Crippen molar-refractivity contribution in [2.24, 2.45) is 0 Å². The molecule has 0 fully saturated rings. The number of hydrogen-bond acceptors (Lipinski definition) is 3. The molecule has 5 heteroatoms. The van der Waals surface area contributed by atoms with Gasteiger partial charge in [-0.15, -0.1) is 11.3 Å². The Balaban J connectivity index is 2.48. The summed E-state index contributed by atoms with van der Waals surface area (Å²) in [5.41, 5.74) is 0. The summed E-state index contributed by atoms with van der Waals surface area (Å²) >= 11 is 6.84. The second-order valence-electron chi connectivity index (χ2n) is 2.98. The first-order valence-electron chi connectivity index (χ1n) is 4.52. The second kappa shape index (κ2) is 4.06. The molecule has 0 aliphatic heterocycles. The van der Waals surface area contributed by atoms with Crippen LogP contribution in [-0.2, 0) is 6.54 Å². The summed E-state index contributed by atoms with van der Waals surface area (Å²) in [7, 11) is 0. The number of hydrogen-bond donors (Lipinski definition) is 1. The molecule has 1 N–H and O–H groups in total. The fourth-order valence-corrected chi connectivity index (χ4v) is 2.29. The zero-order chi connectivity index (χ0) is 9.97. The predicted molar refractivity (Wildman–Crippen MR) is 61.0 cm³/mol. The van der Waals surface area contributed by atoms with Crippen LogP contribution in [0.15, 0.2) is 17.5 Å². The van der Waals surface area contributed by atoms with Crippen LogP contribution in [0.3, 0.4) is 0 Å². The SMILES string of the molecule is CCCn1c(-c2cccs2)n[nH]c1=S. The third kappa shape index (κ3) is 1.65. The molecule has 2 aromatic heterocycles. The molecule has 0 spiro atoms. The molecule has 0 bridgehead atoms. The van der Waals surface area contributed by atoms with Crippen molar-refractivity contribution in [3.8, 4) is 10.7 Å². The van der Waals surface area contributed by atoms with Crippen molar-refractivity contribution in [3.05, 3.63) is 22.3 Å². The summed E-state index contributed by atoms with van der Waals surface area (Å²) in [6.07, 6.45) is 1.06. The van der Waals surface area contributed by atoms with Gasteiger partial charge in [-0.3, -0.25) is 9.67 Å². The molecule has 0 radical (unpaired) electrons. The van der Waals surface area contributed by atoms with E-state index >= 15 is 0 Å². The number of nitrogens with zero attached hydrogens (tertiary/aromatic N) is 2. The van der Waals surface area contributed by atoms with E-state index in [1.807, 2.05) is 16.0 Å². The maximum Gasteiger partial charge on any atom is 0.195 e. The predicted octanol–water partition coefficient (Wildman–Crippen LogP) is 3.08. The lowest BCUT2D eigenvalue weighted by molar-refractivity contribution is 0.675. The van der Waals surface area contributed by atoms with Gasteiger partial charge in [0.15, 0.2) is 10.6 Å². The van der Waals surface area contributed by atoms with Gasteiger partial charge in [0, 0.05) is 6.54 Å². The summed E-state index contributed by atoms with van der Waals surface area (Å²) in [5.74, 6) is 0.951. The van der Waals surface area contributed by atoms with Crippen LogP contribution < -0.4 is 0 Å². The number of aromatic amines is 1. The summed E-state index contributed by atoms with van der Waals surface area (Å²) in [5, 5.41) is 9.11. The first-order valence-corrected chi connectivity index (χ1v) is 5.80. The van der Waals surface area contributed by atoms with Crippen molar-refractivity contribution in [1.82, 2.24) is 14.8 Å². The molecular weight excluding hydrogens is 214 g/mol. The molecule has 0 saturated carbocycles. The highest BCUT2D eigenvalue weighted by Crippen LogP contribution is 2.22. The van der Waals surface area contributed by atoms with Crippen LogP contribution in [0.25, 0.3) is 10.7 Å². The Morgan fingerprint density at radius 3 is 3.14 bits per heavy atom. The molecule has 2 aromatic rings. The van der Waals surface area contributed by atoms with E-state index in [-0.39, 0.29) is 0 Å². The standard InChI is InChI=1S/C9H11N3S2/c1-2-5-12-8(10-11-9(12)13)7-4-3-6-14-7/h3-4,6H,2,5H2,1H3,(H,11,13). The van der Waals surface area contributed by atoms with Crippen LogP contribution in [0.5, 0.6) is 0 Å². The second-order valence-corrected chi connectivity index (χ2v) is 4.32. The lowest BCUT2D eigenvalue weighted by Gasteiger charge is -2.01. The van der Waals surface area contributed by atoms with Gasteiger partial charge in [-0.25, -0.2) is 0 Å². The molecule has 14 heavy (non-hydrogen) atoms. The van der Waals surface area contributed by atoms with Crippen LogP contribution in [0.1, 0.15) is 13.3 Å². The van der Waals surface area contributed by atoms with Crippen molar-refractivity contribution in [2.45, 2.75) is 19.9 Å². The lowest BCUT2D eigenvalue weighted by Crippen LogP contribution is -1.98. The van der Waals surface area contributed by atoms with E-state index < -0.39 is 0 Å². The third-order valence-corrected chi connectivity index (χ3v) is 3.12. The van der Waals surface area contributed by atoms with Crippen molar-refractivity contribution in [1.29, 1.82) is 0 Å². The van der Waals surface area contributed by atoms with Crippen LogP contribution in [0.4, 0.5) is 0 Å². The highest BCUT2D eigenvalue weighted by molar-refractivity contribution is 7.71. The zero-order valence-electron chi connectivity index (χ0n) is 7.86. The molecule has 0 atom stereocenters. The smallest absolute Gasteiger partial charge is 0.195 e. The van der Waals surface area contributed by atoms with E-state index in [1.165, 1.54) is 0 Å². The molecule has 0 amide bonds. The Hall–Kier alpha value is -0.940. The molecule has 0 aromatic carbocycles. The monoisotopic (exact) mass is 225 g/mol. The highest BCUT2D eigenvalue weighted by atomic mass is 32.1. The number of thiophene rings is 1. The van der Waals surface area contributed by atoms with E-state index in [4.69, 9.17) is 12.2 Å². The molecule has 74 valence electrons. The summed E-state index contributed by atoms with van der Waals surface area (Å²) < 4.78 is 2.75. The van der Waals surface area contributed by atoms with Gasteiger partial charge in [-0.05, 0) is 30.1 Å². The minimum absolute atomic E-state index is 0.704. The van der Waals surface area contributed by atoms with E-state index in [2.05, 4.69) is 23.2 Å². The molecule has 0 aliphatic rings. The summed E-state index contributed by atoms with van der Waals surface area (Å²) in [6.45, 7) is 3.05. The molecule has 2 heterocycles. The minimum atomic E-state index is 0.704. The number of nitrogens with one attached hydrogen (secondary N) is 1. The van der Waals surface area contributed by atoms with Gasteiger partial charge in [0.05, 0.1) is 4.88 Å². The van der Waals surface area contributed by atoms with Gasteiger partial charge >= 0.3 is 0 Å². The maximum absolute atomic E-state index is 5.16. The normalized spacial score (nSPS) is 10.6. The van der Waals surface area contributed by atoms with E-state index in [9.17, 15) is 0 Å². The molecular formula is C9H11N3S2. The van der Waals surface area contributed by atoms with Crippen LogP contribution in [-0.4, -0.2) is 14.8 Å². The van der Waals surface area contributed by atoms with Crippen molar-refractivity contribution < 1.29 is 0 Å². The molecule has 3 nitrogen and oxygen atoms in total. The average Bonchev–Trinajstić information content (AvgIpc) is 2.77. The molecule has 0 aliphatic carbocycles. The zero-order valence-corrected chi connectivity index (χ0v) is 9.49. The van der Waals surface area contributed by atoms with Crippen LogP contribution >= 0.6 is 23.6 Å². The van der Waals surface area contributed by atoms with Crippen LogP contribution in [0, 0.1) is 4.77 Å².